The van der Waals surface area contributed by atoms with Gasteiger partial charge in [0.2, 0.25) is 5.91 Å². The highest BCUT2D eigenvalue weighted by atomic mass is 32.1. The van der Waals surface area contributed by atoms with E-state index in [-0.39, 0.29) is 23.9 Å². The van der Waals surface area contributed by atoms with Gasteiger partial charge in [-0.1, -0.05) is 57.4 Å². The van der Waals surface area contributed by atoms with Crippen molar-refractivity contribution in [1.82, 2.24) is 14.9 Å². The van der Waals surface area contributed by atoms with Gasteiger partial charge in [-0.15, -0.1) is 11.3 Å². The Morgan fingerprint density at radius 2 is 1.92 bits per heavy atom. The number of aromatic nitrogens is 2. The summed E-state index contributed by atoms with van der Waals surface area (Å²) in [7, 11) is 1.82. The van der Waals surface area contributed by atoms with E-state index in [1.807, 2.05) is 54.4 Å². The van der Waals surface area contributed by atoms with Gasteiger partial charge in [0, 0.05) is 36.0 Å². The van der Waals surface area contributed by atoms with E-state index in [2.05, 4.69) is 57.2 Å². The highest BCUT2D eigenvalue weighted by molar-refractivity contribution is 7.14. The SMILES string of the molecule is CCCC[C@@H](CC(C)C)OC.Cc1cccc(-c2csc(NC(=O)CNC(=O)c3ccn(C(C)(C)C)c3)n2)c1. The molecule has 0 bridgehead atoms. The highest BCUT2D eigenvalue weighted by Gasteiger charge is 2.16. The first-order valence-corrected chi connectivity index (χ1v) is 14.6. The lowest BCUT2D eigenvalue weighted by Crippen LogP contribution is -2.32. The van der Waals surface area contributed by atoms with Gasteiger partial charge in [0.05, 0.1) is 23.9 Å². The van der Waals surface area contributed by atoms with E-state index in [9.17, 15) is 9.59 Å². The van der Waals surface area contributed by atoms with Gasteiger partial charge in [-0.05, 0) is 58.6 Å². The van der Waals surface area contributed by atoms with Crippen LogP contribution in [0.1, 0.15) is 83.1 Å². The number of nitrogens with zero attached hydrogens (tertiary/aromatic N) is 2. The highest BCUT2D eigenvalue weighted by Crippen LogP contribution is 2.25. The van der Waals surface area contributed by atoms with Crippen molar-refractivity contribution < 1.29 is 14.3 Å². The van der Waals surface area contributed by atoms with E-state index < -0.39 is 0 Å². The lowest BCUT2D eigenvalue weighted by atomic mass is 10.0. The van der Waals surface area contributed by atoms with Crippen LogP contribution in [0.25, 0.3) is 11.3 Å². The van der Waals surface area contributed by atoms with Crippen molar-refractivity contribution >= 4 is 28.3 Å². The Bertz CT molecular complexity index is 1180. The van der Waals surface area contributed by atoms with Crippen molar-refractivity contribution in [1.29, 1.82) is 0 Å². The topological polar surface area (TPSA) is 85.3 Å². The van der Waals surface area contributed by atoms with Crippen molar-refractivity contribution in [3.63, 3.8) is 0 Å². The summed E-state index contributed by atoms with van der Waals surface area (Å²) in [6.45, 7) is 14.8. The van der Waals surface area contributed by atoms with Crippen LogP contribution < -0.4 is 10.6 Å². The Kier molecular flexibility index (Phi) is 12.9. The first-order valence-electron chi connectivity index (χ1n) is 13.7. The molecule has 2 N–H and O–H groups in total. The van der Waals surface area contributed by atoms with Gasteiger partial charge in [-0.25, -0.2) is 4.98 Å². The van der Waals surface area contributed by atoms with Crippen molar-refractivity contribution in [3.8, 4) is 11.3 Å². The standard InChI is InChI=1S/C21H24N4O2S.C10H22O/c1-14-6-5-7-15(10-14)17-13-28-20(23-17)24-18(26)11-22-19(27)16-8-9-25(12-16)21(2,3)4;1-5-6-7-10(11-4)8-9(2)3/h5-10,12-13H,11H2,1-4H3,(H,22,27)(H,23,24,26);9-10H,5-8H2,1-4H3/t;10-/m.0/s1. The molecule has 0 saturated heterocycles. The maximum atomic E-state index is 12.2. The minimum atomic E-state index is -0.311. The van der Waals surface area contributed by atoms with E-state index in [4.69, 9.17) is 4.74 Å². The van der Waals surface area contributed by atoms with Crippen molar-refractivity contribution in [2.45, 2.75) is 85.8 Å². The van der Waals surface area contributed by atoms with Gasteiger partial charge < -0.3 is 19.9 Å². The van der Waals surface area contributed by atoms with E-state index >= 15 is 0 Å². The molecule has 0 aliphatic carbocycles. The lowest BCUT2D eigenvalue weighted by Gasteiger charge is -2.20. The Morgan fingerprint density at radius 3 is 2.51 bits per heavy atom. The molecular formula is C31H46N4O3S. The molecule has 2 heterocycles. The number of nitrogens with one attached hydrogen (secondary N) is 2. The fourth-order valence-corrected chi connectivity index (χ4v) is 4.67. The predicted molar refractivity (Wildman–Crippen MR) is 162 cm³/mol. The third-order valence-corrected chi connectivity index (χ3v) is 6.91. The Balaban J connectivity index is 0.000000411. The number of unbranched alkanes of at least 4 members (excludes halogenated alkanes) is 1. The second kappa shape index (κ2) is 15.6. The first-order chi connectivity index (χ1) is 18.4. The van der Waals surface area contributed by atoms with Crippen LogP contribution in [0.3, 0.4) is 0 Å². The molecule has 0 aliphatic rings. The van der Waals surface area contributed by atoms with E-state index in [0.29, 0.717) is 16.8 Å². The summed E-state index contributed by atoms with van der Waals surface area (Å²) < 4.78 is 7.33. The number of hydrogen-bond acceptors (Lipinski definition) is 5. The summed E-state index contributed by atoms with van der Waals surface area (Å²) in [5, 5.41) is 7.78. The molecule has 0 saturated carbocycles. The molecule has 0 aliphatic heterocycles. The number of carbonyl (C=O) groups is 2. The van der Waals surface area contributed by atoms with Crippen LogP contribution in [-0.2, 0) is 15.1 Å². The van der Waals surface area contributed by atoms with E-state index in [1.54, 1.807) is 12.3 Å². The normalized spacial score (nSPS) is 12.0. The number of anilines is 1. The van der Waals surface area contributed by atoms with Gasteiger partial charge in [0.25, 0.3) is 5.91 Å². The Labute approximate surface area is 238 Å². The summed E-state index contributed by atoms with van der Waals surface area (Å²) in [6.07, 6.45) is 9.14. The fraction of sp³-hybridized carbons (Fsp3) is 0.516. The molecule has 0 fully saturated rings. The zero-order valence-corrected chi connectivity index (χ0v) is 25.7. The number of aryl methyl sites for hydroxylation is 1. The molecule has 0 spiro atoms. The van der Waals surface area contributed by atoms with E-state index in [0.717, 1.165) is 22.7 Å². The smallest absolute Gasteiger partial charge is 0.253 e. The summed E-state index contributed by atoms with van der Waals surface area (Å²) in [6, 6.07) is 9.78. The maximum absolute atomic E-state index is 12.2. The lowest BCUT2D eigenvalue weighted by molar-refractivity contribution is -0.115. The first kappa shape index (κ1) is 32.2. The number of amides is 2. The molecule has 214 valence electrons. The van der Waals surface area contributed by atoms with Crippen molar-refractivity contribution in [3.05, 3.63) is 59.2 Å². The summed E-state index contributed by atoms with van der Waals surface area (Å²) in [4.78, 5) is 28.8. The summed E-state index contributed by atoms with van der Waals surface area (Å²) in [5.74, 6) is 0.170. The fourth-order valence-electron chi connectivity index (χ4n) is 3.93. The zero-order chi connectivity index (χ0) is 29.0. The minimum absolute atomic E-state index is 0.101. The summed E-state index contributed by atoms with van der Waals surface area (Å²) >= 11 is 1.36. The van der Waals surface area contributed by atoms with Crippen LogP contribution >= 0.6 is 11.3 Å². The predicted octanol–water partition coefficient (Wildman–Crippen LogP) is 7.28. The van der Waals surface area contributed by atoms with Crippen LogP contribution in [0.5, 0.6) is 0 Å². The number of thiazole rings is 1. The molecule has 2 aromatic heterocycles. The monoisotopic (exact) mass is 554 g/mol. The van der Waals surface area contributed by atoms with Crippen LogP contribution in [0.15, 0.2) is 48.1 Å². The second-order valence-electron chi connectivity index (χ2n) is 11.2. The largest absolute Gasteiger partial charge is 0.381 e. The molecule has 0 unspecified atom stereocenters. The van der Waals surface area contributed by atoms with Gasteiger partial charge in [0.1, 0.15) is 0 Å². The molecule has 1 atom stereocenters. The quantitative estimate of drug-likeness (QED) is 0.261. The average Bonchev–Trinajstić information content (AvgIpc) is 3.56. The zero-order valence-electron chi connectivity index (χ0n) is 24.8. The number of methoxy groups -OCH3 is 1. The maximum Gasteiger partial charge on any atom is 0.253 e. The number of hydrogen-bond donors (Lipinski definition) is 2. The van der Waals surface area contributed by atoms with Gasteiger partial charge in [-0.2, -0.15) is 0 Å². The van der Waals surface area contributed by atoms with Crippen LogP contribution in [-0.4, -0.2) is 41.1 Å². The van der Waals surface area contributed by atoms with Gasteiger partial charge in [0.15, 0.2) is 5.13 Å². The molecule has 1 aromatic carbocycles. The molecular weight excluding hydrogens is 508 g/mol. The van der Waals surface area contributed by atoms with Crippen LogP contribution in [0.2, 0.25) is 0 Å². The molecule has 8 heteroatoms. The summed E-state index contributed by atoms with van der Waals surface area (Å²) in [5.41, 5.74) is 3.40. The molecule has 2 amide bonds. The van der Waals surface area contributed by atoms with E-state index in [1.165, 1.54) is 37.0 Å². The van der Waals surface area contributed by atoms with Crippen LogP contribution in [0, 0.1) is 12.8 Å². The van der Waals surface area contributed by atoms with Crippen LogP contribution in [0.4, 0.5) is 5.13 Å². The molecule has 7 nitrogen and oxygen atoms in total. The number of rotatable bonds is 11. The molecule has 39 heavy (non-hydrogen) atoms. The molecule has 3 aromatic rings. The third kappa shape index (κ3) is 11.3. The van der Waals surface area contributed by atoms with Crippen molar-refractivity contribution in [2.24, 2.45) is 5.92 Å². The minimum Gasteiger partial charge on any atom is -0.381 e. The average molecular weight is 555 g/mol. The second-order valence-corrected chi connectivity index (χ2v) is 12.1. The van der Waals surface area contributed by atoms with Gasteiger partial charge >= 0.3 is 0 Å². The van der Waals surface area contributed by atoms with Crippen molar-refractivity contribution in [2.75, 3.05) is 19.0 Å². The Morgan fingerprint density at radius 1 is 1.18 bits per heavy atom. The number of benzene rings is 1. The number of ether oxygens (including phenoxy) is 1. The number of carbonyl (C=O) groups excluding carboxylic acids is 2. The third-order valence-electron chi connectivity index (χ3n) is 6.15. The Hall–Kier alpha value is -2.97. The molecule has 0 radical (unpaired) electrons. The van der Waals surface area contributed by atoms with Gasteiger partial charge in [-0.3, -0.25) is 9.59 Å². The molecule has 3 rings (SSSR count).